The van der Waals surface area contributed by atoms with Crippen LogP contribution in [0.4, 0.5) is 0 Å². The zero-order valence-corrected chi connectivity index (χ0v) is 14.2. The van der Waals surface area contributed by atoms with Crippen molar-refractivity contribution in [1.29, 1.82) is 0 Å². The molecule has 3 nitrogen and oxygen atoms in total. The highest BCUT2D eigenvalue weighted by atomic mass is 16.5. The van der Waals surface area contributed by atoms with Crippen LogP contribution in [0.25, 0.3) is 0 Å². The SMILES string of the molecule is C[C@@]12CCC(=O)O[C@@H]1CC[C@H]1[C@H]3CC[C@@](C)(O)[C@]3(C)CC[C@@H]12. The molecule has 0 amide bonds. The van der Waals surface area contributed by atoms with Gasteiger partial charge in [-0.3, -0.25) is 4.79 Å². The normalized spacial score (nSPS) is 57.5. The lowest BCUT2D eigenvalue weighted by Crippen LogP contribution is -2.58. The van der Waals surface area contributed by atoms with Gasteiger partial charge in [-0.05, 0) is 75.0 Å². The van der Waals surface area contributed by atoms with Crippen molar-refractivity contribution in [2.75, 3.05) is 0 Å². The molecule has 0 radical (unpaired) electrons. The van der Waals surface area contributed by atoms with Crippen molar-refractivity contribution in [2.45, 2.75) is 83.8 Å². The largest absolute Gasteiger partial charge is 0.462 e. The lowest BCUT2D eigenvalue weighted by molar-refractivity contribution is -0.197. The Bertz CT molecular complexity index is 499. The summed E-state index contributed by atoms with van der Waals surface area (Å²) in [6, 6.07) is 0. The van der Waals surface area contributed by atoms with Gasteiger partial charge in [0.1, 0.15) is 6.10 Å². The van der Waals surface area contributed by atoms with E-state index in [9.17, 15) is 9.90 Å². The Morgan fingerprint density at radius 3 is 2.50 bits per heavy atom. The molecule has 124 valence electrons. The molecule has 4 fully saturated rings. The maximum absolute atomic E-state index is 11.7. The highest BCUT2D eigenvalue weighted by Crippen LogP contribution is 2.66. The lowest BCUT2D eigenvalue weighted by atomic mass is 9.47. The minimum absolute atomic E-state index is 0.00497. The molecule has 0 aromatic rings. The first-order chi connectivity index (χ1) is 10.3. The van der Waals surface area contributed by atoms with Gasteiger partial charge < -0.3 is 9.84 Å². The molecular weight excluding hydrogens is 276 g/mol. The van der Waals surface area contributed by atoms with Crippen LogP contribution in [-0.4, -0.2) is 22.8 Å². The number of hydrogen-bond donors (Lipinski definition) is 1. The van der Waals surface area contributed by atoms with E-state index in [1.54, 1.807) is 0 Å². The Labute approximate surface area is 133 Å². The Morgan fingerprint density at radius 1 is 1.00 bits per heavy atom. The van der Waals surface area contributed by atoms with Crippen molar-refractivity contribution >= 4 is 5.97 Å². The van der Waals surface area contributed by atoms with Gasteiger partial charge in [-0.25, -0.2) is 0 Å². The predicted molar refractivity (Wildman–Crippen MR) is 84.1 cm³/mol. The van der Waals surface area contributed by atoms with Crippen LogP contribution in [0.5, 0.6) is 0 Å². The van der Waals surface area contributed by atoms with E-state index in [2.05, 4.69) is 20.8 Å². The van der Waals surface area contributed by atoms with Gasteiger partial charge in [0.2, 0.25) is 0 Å². The van der Waals surface area contributed by atoms with Crippen LogP contribution in [0.2, 0.25) is 0 Å². The van der Waals surface area contributed by atoms with Crippen molar-refractivity contribution in [3.05, 3.63) is 0 Å². The molecule has 1 heterocycles. The second-order valence-corrected chi connectivity index (χ2v) is 9.21. The molecule has 3 heteroatoms. The van der Waals surface area contributed by atoms with Crippen LogP contribution in [0.1, 0.15) is 72.1 Å². The molecule has 3 saturated carbocycles. The molecule has 1 N–H and O–H groups in total. The van der Waals surface area contributed by atoms with Crippen molar-refractivity contribution in [1.82, 2.24) is 0 Å². The first-order valence-electron chi connectivity index (χ1n) is 9.20. The maximum atomic E-state index is 11.7. The number of aliphatic hydroxyl groups is 1. The summed E-state index contributed by atoms with van der Waals surface area (Å²) in [5.74, 6) is 2.04. The second-order valence-electron chi connectivity index (χ2n) is 9.21. The number of carbonyl (C=O) groups excluding carboxylic acids is 1. The van der Waals surface area contributed by atoms with Crippen LogP contribution < -0.4 is 0 Å². The average molecular weight is 306 g/mol. The fraction of sp³-hybridized carbons (Fsp3) is 0.947. The summed E-state index contributed by atoms with van der Waals surface area (Å²) in [7, 11) is 0. The molecule has 0 bridgehead atoms. The standard InChI is InChI=1S/C19H30O3/c1-17-9-8-16(20)22-15(17)5-4-12-13(17)6-10-18(2)14(12)7-11-19(18,3)21/h12-15,21H,4-11H2,1-3H3/t12-,13+,14-,15-,17+,18-,19-/m1/s1. The molecule has 22 heavy (non-hydrogen) atoms. The highest BCUT2D eigenvalue weighted by Gasteiger charge is 2.63. The van der Waals surface area contributed by atoms with Crippen molar-refractivity contribution < 1.29 is 14.6 Å². The van der Waals surface area contributed by atoms with E-state index < -0.39 is 5.60 Å². The zero-order chi connectivity index (χ0) is 15.8. The summed E-state index contributed by atoms with van der Waals surface area (Å²) in [5, 5.41) is 10.9. The van der Waals surface area contributed by atoms with Gasteiger partial charge in [-0.15, -0.1) is 0 Å². The molecule has 0 aromatic heterocycles. The molecule has 3 aliphatic carbocycles. The Balaban J connectivity index is 1.65. The summed E-state index contributed by atoms with van der Waals surface area (Å²) in [4.78, 5) is 11.7. The minimum Gasteiger partial charge on any atom is -0.462 e. The summed E-state index contributed by atoms with van der Waals surface area (Å²) >= 11 is 0. The lowest BCUT2D eigenvalue weighted by Gasteiger charge is -2.60. The smallest absolute Gasteiger partial charge is 0.306 e. The molecule has 0 unspecified atom stereocenters. The van der Waals surface area contributed by atoms with Gasteiger partial charge in [-0.1, -0.05) is 13.8 Å². The fourth-order valence-corrected chi connectivity index (χ4v) is 6.79. The zero-order valence-electron chi connectivity index (χ0n) is 14.2. The number of carbonyl (C=O) groups is 1. The number of rotatable bonds is 0. The van der Waals surface area contributed by atoms with Crippen LogP contribution in [0.15, 0.2) is 0 Å². The first-order valence-corrected chi connectivity index (χ1v) is 9.20. The van der Waals surface area contributed by atoms with Gasteiger partial charge in [0.15, 0.2) is 0 Å². The molecule has 1 saturated heterocycles. The monoisotopic (exact) mass is 306 g/mol. The second kappa shape index (κ2) is 4.49. The molecule has 7 atom stereocenters. The Hall–Kier alpha value is -0.570. The third-order valence-corrected chi connectivity index (χ3v) is 8.49. The topological polar surface area (TPSA) is 46.5 Å². The first kappa shape index (κ1) is 15.0. The third-order valence-electron chi connectivity index (χ3n) is 8.49. The summed E-state index contributed by atoms with van der Waals surface area (Å²) in [6.07, 6.45) is 8.37. The Kier molecular flexibility index (Phi) is 3.06. The molecule has 4 rings (SSSR count). The maximum Gasteiger partial charge on any atom is 0.306 e. The van der Waals surface area contributed by atoms with Crippen LogP contribution in [0, 0.1) is 28.6 Å². The van der Waals surface area contributed by atoms with E-state index in [4.69, 9.17) is 4.74 Å². The molecule has 1 aliphatic heterocycles. The van der Waals surface area contributed by atoms with Gasteiger partial charge in [0, 0.05) is 11.8 Å². The highest BCUT2D eigenvalue weighted by molar-refractivity contribution is 5.70. The van der Waals surface area contributed by atoms with Crippen LogP contribution in [0.3, 0.4) is 0 Å². The minimum atomic E-state index is -0.501. The van der Waals surface area contributed by atoms with E-state index >= 15 is 0 Å². The van der Waals surface area contributed by atoms with E-state index in [1.165, 1.54) is 19.3 Å². The van der Waals surface area contributed by atoms with E-state index in [0.717, 1.165) is 25.7 Å². The van der Waals surface area contributed by atoms with Crippen LogP contribution in [-0.2, 0) is 9.53 Å². The Morgan fingerprint density at radius 2 is 1.73 bits per heavy atom. The number of esters is 1. The van der Waals surface area contributed by atoms with Crippen LogP contribution >= 0.6 is 0 Å². The van der Waals surface area contributed by atoms with E-state index in [1.807, 2.05) is 0 Å². The molecule has 4 aliphatic rings. The van der Waals surface area contributed by atoms with E-state index in [0.29, 0.717) is 24.2 Å². The third kappa shape index (κ3) is 1.75. The molecule has 0 spiro atoms. The fourth-order valence-electron chi connectivity index (χ4n) is 6.79. The predicted octanol–water partition coefficient (Wildman–Crippen LogP) is 3.69. The molecule has 0 aromatic carbocycles. The molecular formula is C19H30O3. The van der Waals surface area contributed by atoms with Gasteiger partial charge in [0.05, 0.1) is 5.60 Å². The number of fused-ring (bicyclic) bond motifs is 5. The average Bonchev–Trinajstić information content (AvgIpc) is 2.70. The number of hydrogen-bond acceptors (Lipinski definition) is 3. The van der Waals surface area contributed by atoms with Crippen molar-refractivity contribution in [3.8, 4) is 0 Å². The van der Waals surface area contributed by atoms with Gasteiger partial charge in [-0.2, -0.15) is 0 Å². The quantitative estimate of drug-likeness (QED) is 0.694. The van der Waals surface area contributed by atoms with Crippen molar-refractivity contribution in [2.24, 2.45) is 28.6 Å². The summed E-state index contributed by atoms with van der Waals surface area (Å²) < 4.78 is 5.73. The van der Waals surface area contributed by atoms with E-state index in [-0.39, 0.29) is 22.9 Å². The van der Waals surface area contributed by atoms with Gasteiger partial charge in [0.25, 0.3) is 0 Å². The summed E-state index contributed by atoms with van der Waals surface area (Å²) in [6.45, 7) is 6.76. The summed E-state index contributed by atoms with van der Waals surface area (Å²) in [5.41, 5.74) is -0.241. The van der Waals surface area contributed by atoms with Crippen molar-refractivity contribution in [3.63, 3.8) is 0 Å². The number of ether oxygens (including phenoxy) is 1. The van der Waals surface area contributed by atoms with Gasteiger partial charge >= 0.3 is 5.97 Å².